The first kappa shape index (κ1) is 14.5. The molecule has 2 nitrogen and oxygen atoms in total. The first-order chi connectivity index (χ1) is 8.51. The molecule has 98 valence electrons. The average Bonchev–Trinajstić information content (AvgIpc) is 2.31. The van der Waals surface area contributed by atoms with Gasteiger partial charge < -0.3 is 10.6 Å². The van der Waals surface area contributed by atoms with E-state index >= 15 is 0 Å². The molecule has 1 rings (SSSR count). The maximum Gasteiger partial charge on any atom is 0.126 e. The molecule has 0 amide bonds. The lowest BCUT2D eigenvalue weighted by atomic mass is 10.0. The minimum atomic E-state index is -0.219. The molecule has 0 aliphatic rings. The van der Waals surface area contributed by atoms with E-state index in [1.165, 1.54) is 6.07 Å². The third-order valence-electron chi connectivity index (χ3n) is 2.91. The van der Waals surface area contributed by atoms with Crippen LogP contribution in [0.1, 0.15) is 37.4 Å². The zero-order chi connectivity index (χ0) is 13.7. The van der Waals surface area contributed by atoms with E-state index < -0.39 is 0 Å². The van der Waals surface area contributed by atoms with Crippen LogP contribution in [0.2, 0.25) is 0 Å². The number of aryl methyl sites for hydroxylation is 1. The van der Waals surface area contributed by atoms with Crippen LogP contribution >= 0.6 is 0 Å². The molecular formula is C15H21FN2. The molecule has 1 aromatic rings. The Bertz CT molecular complexity index is 447. The maximum atomic E-state index is 13.6. The molecular weight excluding hydrogens is 227 g/mol. The van der Waals surface area contributed by atoms with Gasteiger partial charge in [0.15, 0.2) is 0 Å². The number of rotatable bonds is 5. The van der Waals surface area contributed by atoms with Crippen LogP contribution in [0.15, 0.2) is 12.1 Å². The molecule has 0 radical (unpaired) electrons. The number of nitrogens with zero attached hydrogens (tertiary/aromatic N) is 1. The normalized spacial score (nSPS) is 12.0. The number of terminal acetylenes is 1. The van der Waals surface area contributed by atoms with Crippen molar-refractivity contribution in [1.82, 2.24) is 0 Å². The van der Waals surface area contributed by atoms with Crippen molar-refractivity contribution in [2.24, 2.45) is 5.73 Å². The molecule has 2 N–H and O–H groups in total. The van der Waals surface area contributed by atoms with Crippen molar-refractivity contribution in [2.75, 3.05) is 18.0 Å². The summed E-state index contributed by atoms with van der Waals surface area (Å²) in [5, 5.41) is 0. The van der Waals surface area contributed by atoms with E-state index in [2.05, 4.69) is 17.7 Å². The van der Waals surface area contributed by atoms with Crippen molar-refractivity contribution in [3.8, 4) is 12.3 Å². The minimum Gasteiger partial charge on any atom is -0.360 e. The van der Waals surface area contributed by atoms with Crippen molar-refractivity contribution in [2.45, 2.75) is 33.2 Å². The molecule has 0 aliphatic carbocycles. The summed E-state index contributed by atoms with van der Waals surface area (Å²) in [4.78, 5) is 2.07. The molecule has 0 fully saturated rings. The van der Waals surface area contributed by atoms with Crippen molar-refractivity contribution < 1.29 is 4.39 Å². The summed E-state index contributed by atoms with van der Waals surface area (Å²) in [5.41, 5.74) is 8.29. The molecule has 3 heteroatoms. The molecule has 1 atom stereocenters. The number of benzene rings is 1. The van der Waals surface area contributed by atoms with Gasteiger partial charge in [-0.3, -0.25) is 0 Å². The van der Waals surface area contributed by atoms with Crippen LogP contribution in [0, 0.1) is 25.1 Å². The summed E-state index contributed by atoms with van der Waals surface area (Å²) >= 11 is 0. The van der Waals surface area contributed by atoms with E-state index in [1.807, 2.05) is 13.0 Å². The quantitative estimate of drug-likeness (QED) is 0.812. The Morgan fingerprint density at radius 2 is 2.17 bits per heavy atom. The van der Waals surface area contributed by atoms with Gasteiger partial charge in [0, 0.05) is 18.3 Å². The number of hydrogen-bond donors (Lipinski definition) is 1. The van der Waals surface area contributed by atoms with Gasteiger partial charge in [-0.15, -0.1) is 6.42 Å². The van der Waals surface area contributed by atoms with Crippen LogP contribution in [0.4, 0.5) is 10.1 Å². The molecule has 0 saturated heterocycles. The van der Waals surface area contributed by atoms with E-state index in [0.29, 0.717) is 12.1 Å². The highest BCUT2D eigenvalue weighted by atomic mass is 19.1. The molecule has 0 saturated carbocycles. The second kappa shape index (κ2) is 6.42. The minimum absolute atomic E-state index is 0.216. The van der Waals surface area contributed by atoms with Gasteiger partial charge in [0.2, 0.25) is 0 Å². The maximum absolute atomic E-state index is 13.6. The Hall–Kier alpha value is -1.53. The van der Waals surface area contributed by atoms with Gasteiger partial charge in [0.1, 0.15) is 5.82 Å². The fourth-order valence-electron chi connectivity index (χ4n) is 1.99. The van der Waals surface area contributed by atoms with Crippen molar-refractivity contribution in [3.63, 3.8) is 0 Å². The van der Waals surface area contributed by atoms with Crippen molar-refractivity contribution in [3.05, 3.63) is 29.1 Å². The van der Waals surface area contributed by atoms with Gasteiger partial charge in [0.05, 0.1) is 6.54 Å². The predicted octanol–water partition coefficient (Wildman–Crippen LogP) is 3.00. The lowest BCUT2D eigenvalue weighted by Crippen LogP contribution is -2.27. The van der Waals surface area contributed by atoms with Crippen LogP contribution in [-0.2, 0) is 0 Å². The van der Waals surface area contributed by atoms with Gasteiger partial charge in [-0.05, 0) is 43.5 Å². The predicted molar refractivity (Wildman–Crippen MR) is 75.1 cm³/mol. The highest BCUT2D eigenvalue weighted by molar-refractivity contribution is 5.57. The smallest absolute Gasteiger partial charge is 0.126 e. The summed E-state index contributed by atoms with van der Waals surface area (Å²) in [5.74, 6) is 2.42. The Morgan fingerprint density at radius 1 is 1.50 bits per heavy atom. The molecule has 1 aromatic carbocycles. The van der Waals surface area contributed by atoms with E-state index in [4.69, 9.17) is 12.2 Å². The largest absolute Gasteiger partial charge is 0.360 e. The summed E-state index contributed by atoms with van der Waals surface area (Å²) in [6, 6.07) is 3.14. The van der Waals surface area contributed by atoms with E-state index in [9.17, 15) is 4.39 Å². The molecule has 0 spiro atoms. The van der Waals surface area contributed by atoms with Crippen LogP contribution in [-0.4, -0.2) is 13.1 Å². The molecule has 0 heterocycles. The van der Waals surface area contributed by atoms with Gasteiger partial charge in [-0.2, -0.15) is 0 Å². The highest BCUT2D eigenvalue weighted by Crippen LogP contribution is 2.28. The average molecular weight is 248 g/mol. The summed E-state index contributed by atoms with van der Waals surface area (Å²) in [7, 11) is 0. The summed E-state index contributed by atoms with van der Waals surface area (Å²) in [6.45, 7) is 7.05. The van der Waals surface area contributed by atoms with E-state index in [1.54, 1.807) is 6.92 Å². The summed E-state index contributed by atoms with van der Waals surface area (Å²) in [6.07, 6.45) is 6.38. The topological polar surface area (TPSA) is 29.3 Å². The highest BCUT2D eigenvalue weighted by Gasteiger charge is 2.15. The molecule has 18 heavy (non-hydrogen) atoms. The van der Waals surface area contributed by atoms with Crippen LogP contribution in [0.3, 0.4) is 0 Å². The number of halogens is 1. The van der Waals surface area contributed by atoms with Gasteiger partial charge in [-0.25, -0.2) is 4.39 Å². The van der Waals surface area contributed by atoms with Crippen molar-refractivity contribution >= 4 is 5.69 Å². The fourth-order valence-corrected chi connectivity index (χ4v) is 1.99. The third-order valence-corrected chi connectivity index (χ3v) is 2.91. The van der Waals surface area contributed by atoms with Gasteiger partial charge >= 0.3 is 0 Å². The first-order valence-electron chi connectivity index (χ1n) is 6.25. The van der Waals surface area contributed by atoms with Gasteiger partial charge in [-0.1, -0.05) is 12.8 Å². The molecule has 0 unspecified atom stereocenters. The van der Waals surface area contributed by atoms with Crippen LogP contribution in [0.5, 0.6) is 0 Å². The number of hydrogen-bond acceptors (Lipinski definition) is 2. The zero-order valence-corrected chi connectivity index (χ0v) is 11.3. The van der Waals surface area contributed by atoms with E-state index in [-0.39, 0.29) is 11.9 Å². The lowest BCUT2D eigenvalue weighted by Gasteiger charge is -2.26. The van der Waals surface area contributed by atoms with Crippen molar-refractivity contribution in [1.29, 1.82) is 0 Å². The summed E-state index contributed by atoms with van der Waals surface area (Å²) < 4.78 is 13.6. The Morgan fingerprint density at radius 3 is 2.67 bits per heavy atom. The number of nitrogens with two attached hydrogens (primary N) is 1. The van der Waals surface area contributed by atoms with Crippen LogP contribution in [0.25, 0.3) is 0 Å². The van der Waals surface area contributed by atoms with Gasteiger partial charge in [0.25, 0.3) is 0 Å². The first-order valence-corrected chi connectivity index (χ1v) is 6.25. The molecule has 0 aliphatic heterocycles. The zero-order valence-electron chi connectivity index (χ0n) is 11.3. The monoisotopic (exact) mass is 248 g/mol. The Labute approximate surface area is 109 Å². The molecule has 0 bridgehead atoms. The second-order valence-corrected chi connectivity index (χ2v) is 4.57. The fraction of sp³-hybridized carbons (Fsp3) is 0.467. The molecule has 0 aromatic heterocycles. The Kier molecular flexibility index (Phi) is 5.18. The van der Waals surface area contributed by atoms with E-state index in [0.717, 1.165) is 24.2 Å². The lowest BCUT2D eigenvalue weighted by molar-refractivity contribution is 0.612. The third kappa shape index (κ3) is 3.24. The number of anilines is 1. The second-order valence-electron chi connectivity index (χ2n) is 4.57. The standard InChI is InChI=1S/C15H21FN2/c1-5-7-18(8-6-2)15-9-11(3)14(16)10-13(15)12(4)17/h1,9-10,12H,6-8,17H2,2-4H3/t12-/m1/s1. The van der Waals surface area contributed by atoms with Crippen LogP contribution < -0.4 is 10.6 Å². The Balaban J connectivity index is 3.26. The SMILES string of the molecule is C#CCN(CCC)c1cc(C)c(F)cc1[C@@H](C)N.